The fraction of sp³-hybridized carbons (Fsp3) is 0.818. The number of amides is 1. The molecule has 0 aromatic rings. The molecule has 2 unspecified atom stereocenters. The molecule has 19 heavy (non-hydrogen) atoms. The van der Waals surface area contributed by atoms with Crippen molar-refractivity contribution in [3.8, 4) is 0 Å². The van der Waals surface area contributed by atoms with Crippen LogP contribution in [0.25, 0.3) is 0 Å². The summed E-state index contributed by atoms with van der Waals surface area (Å²) in [6.45, 7) is 2.62. The van der Waals surface area contributed by atoms with Crippen molar-refractivity contribution >= 4 is 21.7 Å². The third kappa shape index (κ3) is 4.79. The smallest absolute Gasteiger partial charge is 0.321 e. The molecule has 0 spiro atoms. The first kappa shape index (κ1) is 15.9. The molecule has 0 bridgehead atoms. The zero-order valence-corrected chi connectivity index (χ0v) is 11.7. The first-order chi connectivity index (χ1) is 8.73. The minimum Gasteiger partial charge on any atom is -0.480 e. The van der Waals surface area contributed by atoms with E-state index in [1.54, 1.807) is 4.90 Å². The van der Waals surface area contributed by atoms with Gasteiger partial charge in [-0.2, -0.15) is 0 Å². The number of aliphatic carboxylic acids is 1. The van der Waals surface area contributed by atoms with Gasteiger partial charge in [-0.15, -0.1) is 0 Å². The molecular formula is C11H20N2O5S. The molecule has 0 saturated carbocycles. The number of carboxylic acids is 1. The van der Waals surface area contributed by atoms with Crippen LogP contribution in [0.15, 0.2) is 0 Å². The van der Waals surface area contributed by atoms with E-state index in [1.165, 1.54) is 0 Å². The molecule has 0 aliphatic carbocycles. The Morgan fingerprint density at radius 3 is 2.53 bits per heavy atom. The molecule has 1 saturated heterocycles. The highest BCUT2D eigenvalue weighted by Crippen LogP contribution is 2.23. The van der Waals surface area contributed by atoms with Crippen LogP contribution in [0, 0.1) is 5.92 Å². The van der Waals surface area contributed by atoms with E-state index in [-0.39, 0.29) is 30.4 Å². The van der Waals surface area contributed by atoms with Gasteiger partial charge in [-0.1, -0.05) is 6.92 Å². The molecular weight excluding hydrogens is 272 g/mol. The lowest BCUT2D eigenvalue weighted by Crippen LogP contribution is -2.41. The van der Waals surface area contributed by atoms with Gasteiger partial charge in [0.05, 0.1) is 11.5 Å². The highest BCUT2D eigenvalue weighted by Gasteiger charge is 2.36. The first-order valence-electron chi connectivity index (χ1n) is 6.18. The Labute approximate surface area is 112 Å². The molecule has 110 valence electrons. The van der Waals surface area contributed by atoms with Crippen LogP contribution in [-0.2, 0) is 19.4 Å². The summed E-state index contributed by atoms with van der Waals surface area (Å²) in [6.07, 6.45) is 0.555. The van der Waals surface area contributed by atoms with Gasteiger partial charge >= 0.3 is 5.97 Å². The molecule has 8 heteroatoms. The lowest BCUT2D eigenvalue weighted by molar-refractivity contribution is -0.143. The lowest BCUT2D eigenvalue weighted by atomic mass is 10.0. The van der Waals surface area contributed by atoms with Crippen LogP contribution in [0.1, 0.15) is 19.8 Å². The Kier molecular flexibility index (Phi) is 5.30. The summed E-state index contributed by atoms with van der Waals surface area (Å²) in [7, 11) is -3.37. The number of hydrogen-bond donors (Lipinski definition) is 2. The molecule has 1 aliphatic rings. The van der Waals surface area contributed by atoms with Gasteiger partial charge < -0.3 is 10.8 Å². The predicted molar refractivity (Wildman–Crippen MR) is 69.2 cm³/mol. The molecule has 2 atom stereocenters. The second-order valence-electron chi connectivity index (χ2n) is 4.95. The first-order valence-corrected chi connectivity index (χ1v) is 8.00. The van der Waals surface area contributed by atoms with Gasteiger partial charge in [0.1, 0.15) is 6.04 Å². The maximum Gasteiger partial charge on any atom is 0.321 e. The van der Waals surface area contributed by atoms with Crippen LogP contribution < -0.4 is 5.73 Å². The number of primary amides is 1. The second-order valence-corrected chi connectivity index (χ2v) is 7.26. The van der Waals surface area contributed by atoms with Gasteiger partial charge in [-0.25, -0.2) is 8.42 Å². The van der Waals surface area contributed by atoms with Gasteiger partial charge in [0.2, 0.25) is 5.91 Å². The van der Waals surface area contributed by atoms with Crippen molar-refractivity contribution in [2.45, 2.75) is 25.8 Å². The third-order valence-electron chi connectivity index (χ3n) is 3.41. The zero-order valence-electron chi connectivity index (χ0n) is 10.9. The summed E-state index contributed by atoms with van der Waals surface area (Å²) in [5, 5.41) is 9.11. The van der Waals surface area contributed by atoms with E-state index >= 15 is 0 Å². The SMILES string of the molecule is CC1CCN(CCS(=O)(=O)CCC(N)=O)C1C(=O)O. The van der Waals surface area contributed by atoms with Crippen molar-refractivity contribution in [1.29, 1.82) is 0 Å². The standard InChI is InChI=1S/C11H20N2O5S/c1-8-2-4-13(10(8)11(15)16)5-7-19(17,18)6-3-9(12)14/h8,10H,2-7H2,1H3,(H2,12,14)(H,15,16). The third-order valence-corrected chi connectivity index (χ3v) is 5.04. The van der Waals surface area contributed by atoms with Crippen molar-refractivity contribution in [1.82, 2.24) is 4.90 Å². The van der Waals surface area contributed by atoms with E-state index in [4.69, 9.17) is 10.8 Å². The molecule has 0 aromatic carbocycles. The number of carbonyl (C=O) groups is 2. The molecule has 1 amide bonds. The topological polar surface area (TPSA) is 118 Å². The van der Waals surface area contributed by atoms with Gasteiger partial charge in [0, 0.05) is 13.0 Å². The monoisotopic (exact) mass is 292 g/mol. The van der Waals surface area contributed by atoms with Crippen molar-refractivity contribution in [2.75, 3.05) is 24.6 Å². The number of likely N-dealkylation sites (tertiary alicyclic amines) is 1. The number of nitrogens with two attached hydrogens (primary N) is 1. The maximum absolute atomic E-state index is 11.7. The van der Waals surface area contributed by atoms with E-state index in [2.05, 4.69) is 0 Å². The maximum atomic E-state index is 11.7. The van der Waals surface area contributed by atoms with Crippen LogP contribution in [0.4, 0.5) is 0 Å². The van der Waals surface area contributed by atoms with Crippen LogP contribution in [0.5, 0.6) is 0 Å². The Morgan fingerprint density at radius 1 is 1.37 bits per heavy atom. The van der Waals surface area contributed by atoms with Crippen LogP contribution in [0.3, 0.4) is 0 Å². The normalized spacial score (nSPS) is 24.5. The Balaban J connectivity index is 2.52. The highest BCUT2D eigenvalue weighted by molar-refractivity contribution is 7.91. The average Bonchev–Trinajstić information content (AvgIpc) is 2.66. The lowest BCUT2D eigenvalue weighted by Gasteiger charge is -2.22. The van der Waals surface area contributed by atoms with E-state index in [0.29, 0.717) is 6.54 Å². The molecule has 0 aromatic heterocycles. The van der Waals surface area contributed by atoms with E-state index in [9.17, 15) is 18.0 Å². The predicted octanol–water partition coefficient (Wildman–Crippen LogP) is -0.928. The van der Waals surface area contributed by atoms with Crippen molar-refractivity contribution in [3.05, 3.63) is 0 Å². The molecule has 1 fully saturated rings. The summed E-state index contributed by atoms with van der Waals surface area (Å²) in [5.74, 6) is -1.97. The number of nitrogens with zero attached hydrogens (tertiary/aromatic N) is 1. The summed E-state index contributed by atoms with van der Waals surface area (Å²) in [5.41, 5.74) is 4.91. The van der Waals surface area contributed by atoms with Crippen molar-refractivity contribution in [2.24, 2.45) is 11.7 Å². The van der Waals surface area contributed by atoms with Gasteiger partial charge in [0.25, 0.3) is 0 Å². The van der Waals surface area contributed by atoms with Crippen molar-refractivity contribution < 1.29 is 23.1 Å². The summed E-state index contributed by atoms with van der Waals surface area (Å²) in [6, 6.07) is -0.619. The number of rotatable bonds is 7. The van der Waals surface area contributed by atoms with E-state index in [0.717, 1.165) is 6.42 Å². The van der Waals surface area contributed by atoms with Crippen LogP contribution in [0.2, 0.25) is 0 Å². The Morgan fingerprint density at radius 2 is 2.00 bits per heavy atom. The Hall–Kier alpha value is -1.15. The summed E-state index contributed by atoms with van der Waals surface area (Å²) < 4.78 is 23.3. The number of carbonyl (C=O) groups excluding carboxylic acids is 1. The van der Waals surface area contributed by atoms with Crippen LogP contribution >= 0.6 is 0 Å². The Bertz CT molecular complexity index is 448. The summed E-state index contributed by atoms with van der Waals surface area (Å²) in [4.78, 5) is 23.3. The fourth-order valence-corrected chi connectivity index (χ4v) is 3.52. The summed E-state index contributed by atoms with van der Waals surface area (Å²) >= 11 is 0. The second kappa shape index (κ2) is 6.33. The van der Waals surface area contributed by atoms with E-state index in [1.807, 2.05) is 6.92 Å². The fourth-order valence-electron chi connectivity index (χ4n) is 2.29. The molecule has 0 radical (unpaired) electrons. The largest absolute Gasteiger partial charge is 0.480 e. The molecule has 1 rings (SSSR count). The quantitative estimate of drug-likeness (QED) is 0.626. The zero-order chi connectivity index (χ0) is 14.6. The molecule has 7 nitrogen and oxygen atoms in total. The van der Waals surface area contributed by atoms with Gasteiger partial charge in [0.15, 0.2) is 9.84 Å². The van der Waals surface area contributed by atoms with E-state index < -0.39 is 27.8 Å². The minimum atomic E-state index is -3.37. The van der Waals surface area contributed by atoms with Gasteiger partial charge in [-0.05, 0) is 18.9 Å². The average molecular weight is 292 g/mol. The molecule has 3 N–H and O–H groups in total. The number of hydrogen-bond acceptors (Lipinski definition) is 5. The van der Waals surface area contributed by atoms with Crippen molar-refractivity contribution in [3.63, 3.8) is 0 Å². The number of carboxylic acid groups (broad SMARTS) is 1. The molecule has 1 heterocycles. The molecule has 1 aliphatic heterocycles. The minimum absolute atomic E-state index is 0.0193. The number of sulfone groups is 1. The highest BCUT2D eigenvalue weighted by atomic mass is 32.2. The van der Waals surface area contributed by atoms with Gasteiger partial charge in [-0.3, -0.25) is 14.5 Å². The van der Waals surface area contributed by atoms with Crippen LogP contribution in [-0.4, -0.2) is 60.9 Å².